The maximum absolute atomic E-state index is 5.30. The number of nitrogens with zero attached hydrogens (tertiary/aromatic N) is 1. The molecule has 0 spiro atoms. The lowest BCUT2D eigenvalue weighted by atomic mass is 10.4. The van der Waals surface area contributed by atoms with Crippen molar-refractivity contribution in [3.63, 3.8) is 0 Å². The second-order valence-corrected chi connectivity index (χ2v) is 1.29. The highest BCUT2D eigenvalue weighted by molar-refractivity contribution is 8.93. The molecule has 52 valence electrons. The molecule has 9 heavy (non-hydrogen) atoms. The van der Waals surface area contributed by atoms with E-state index in [0.29, 0.717) is 5.69 Å². The molecule has 0 radical (unpaired) electrons. The van der Waals surface area contributed by atoms with Gasteiger partial charge in [-0.05, 0) is 12.1 Å². The zero-order valence-electron chi connectivity index (χ0n) is 4.65. The Hall–Kier alpha value is -0.0900. The highest BCUT2D eigenvalue weighted by Crippen LogP contribution is 1.92. The molecular weight excluding hydrogens is 248 g/mol. The van der Waals surface area contributed by atoms with Crippen molar-refractivity contribution in [3.05, 3.63) is 24.5 Å². The smallest absolute Gasteiger partial charge is 0.0500 e. The van der Waals surface area contributed by atoms with E-state index in [1.54, 1.807) is 24.5 Å². The number of pyridine rings is 1. The van der Waals surface area contributed by atoms with Gasteiger partial charge in [-0.15, -0.1) is 34.0 Å². The van der Waals surface area contributed by atoms with Crippen LogP contribution in [0.4, 0.5) is 5.69 Å². The second kappa shape index (κ2) is 6.04. The first kappa shape index (κ1) is 11.7. The number of aromatic nitrogens is 1. The summed E-state index contributed by atoms with van der Waals surface area (Å²) in [4.78, 5) is 3.76. The third-order valence-corrected chi connectivity index (χ3v) is 0.684. The molecule has 1 heterocycles. The summed E-state index contributed by atoms with van der Waals surface area (Å²) in [5, 5.41) is 0. The molecule has 2 N–H and O–H groups in total. The van der Waals surface area contributed by atoms with E-state index in [-0.39, 0.29) is 34.0 Å². The number of rotatable bonds is 0. The number of hydrogen-bond donors (Lipinski definition) is 1. The molecule has 0 amide bonds. The van der Waals surface area contributed by atoms with Crippen LogP contribution < -0.4 is 5.73 Å². The monoisotopic (exact) mass is 254 g/mol. The Kier molecular flexibility index (Phi) is 7.83. The van der Waals surface area contributed by atoms with Crippen LogP contribution >= 0.6 is 34.0 Å². The molecule has 1 aromatic heterocycles. The van der Waals surface area contributed by atoms with E-state index in [2.05, 4.69) is 4.98 Å². The van der Waals surface area contributed by atoms with Crippen LogP contribution in [0.1, 0.15) is 0 Å². The molecule has 0 atom stereocenters. The van der Waals surface area contributed by atoms with Gasteiger partial charge in [0.25, 0.3) is 0 Å². The van der Waals surface area contributed by atoms with E-state index < -0.39 is 0 Å². The molecule has 0 unspecified atom stereocenters. The number of halogens is 2. The summed E-state index contributed by atoms with van der Waals surface area (Å²) in [7, 11) is 0. The summed E-state index contributed by atoms with van der Waals surface area (Å²) in [6, 6.07) is 3.60. The standard InChI is InChI=1S/C5H6N2.2BrH/c6-5-2-1-3-7-4-5;;/h1-4H,6H2;2*1H. The second-order valence-electron chi connectivity index (χ2n) is 1.29. The molecule has 2 nitrogen and oxygen atoms in total. The van der Waals surface area contributed by atoms with Crippen molar-refractivity contribution in [1.29, 1.82) is 0 Å². The quantitative estimate of drug-likeness (QED) is 0.768. The van der Waals surface area contributed by atoms with Crippen LogP contribution in [-0.4, -0.2) is 4.98 Å². The van der Waals surface area contributed by atoms with Gasteiger partial charge in [-0.1, -0.05) is 0 Å². The van der Waals surface area contributed by atoms with Crippen molar-refractivity contribution in [2.75, 3.05) is 5.73 Å². The number of anilines is 1. The molecular formula is C5H8Br2N2. The van der Waals surface area contributed by atoms with E-state index in [9.17, 15) is 0 Å². The summed E-state index contributed by atoms with van der Waals surface area (Å²) in [5.74, 6) is 0. The van der Waals surface area contributed by atoms with Crippen LogP contribution in [0.3, 0.4) is 0 Å². The maximum Gasteiger partial charge on any atom is 0.0500 e. The van der Waals surface area contributed by atoms with Crippen molar-refractivity contribution in [2.45, 2.75) is 0 Å². The Morgan fingerprint density at radius 2 is 2.00 bits per heavy atom. The predicted octanol–water partition coefficient (Wildman–Crippen LogP) is 1.82. The minimum absolute atomic E-state index is 0. The van der Waals surface area contributed by atoms with Gasteiger partial charge in [0.1, 0.15) is 0 Å². The largest absolute Gasteiger partial charge is 0.397 e. The van der Waals surface area contributed by atoms with Gasteiger partial charge in [-0.2, -0.15) is 0 Å². The molecule has 0 aliphatic carbocycles. The molecule has 0 bridgehead atoms. The summed E-state index contributed by atoms with van der Waals surface area (Å²) in [5.41, 5.74) is 6.01. The van der Waals surface area contributed by atoms with E-state index in [4.69, 9.17) is 5.73 Å². The van der Waals surface area contributed by atoms with Crippen molar-refractivity contribution in [2.24, 2.45) is 0 Å². The van der Waals surface area contributed by atoms with E-state index in [1.165, 1.54) is 0 Å². The van der Waals surface area contributed by atoms with Crippen LogP contribution in [0.5, 0.6) is 0 Å². The highest BCUT2D eigenvalue weighted by Gasteiger charge is 1.73. The average molecular weight is 256 g/mol. The lowest BCUT2D eigenvalue weighted by Crippen LogP contribution is -1.82. The van der Waals surface area contributed by atoms with Crippen molar-refractivity contribution >= 4 is 39.7 Å². The molecule has 0 aliphatic rings. The van der Waals surface area contributed by atoms with E-state index >= 15 is 0 Å². The first-order chi connectivity index (χ1) is 3.39. The highest BCUT2D eigenvalue weighted by atomic mass is 79.9. The molecule has 1 rings (SSSR count). The van der Waals surface area contributed by atoms with Crippen LogP contribution in [0.2, 0.25) is 0 Å². The van der Waals surface area contributed by atoms with Gasteiger partial charge in [0.15, 0.2) is 0 Å². The molecule has 0 aromatic carbocycles. The third-order valence-electron chi connectivity index (χ3n) is 0.684. The van der Waals surface area contributed by atoms with Gasteiger partial charge in [0.2, 0.25) is 0 Å². The van der Waals surface area contributed by atoms with Crippen LogP contribution in [-0.2, 0) is 0 Å². The number of nitrogen functional groups attached to an aromatic ring is 1. The number of hydrogen-bond acceptors (Lipinski definition) is 2. The van der Waals surface area contributed by atoms with Gasteiger partial charge in [-0.25, -0.2) is 0 Å². The fourth-order valence-electron chi connectivity index (χ4n) is 0.376. The Balaban J connectivity index is 0. The van der Waals surface area contributed by atoms with Gasteiger partial charge < -0.3 is 5.73 Å². The molecule has 0 fully saturated rings. The van der Waals surface area contributed by atoms with Crippen molar-refractivity contribution in [3.8, 4) is 0 Å². The summed E-state index contributed by atoms with van der Waals surface area (Å²) < 4.78 is 0. The molecule has 0 saturated heterocycles. The van der Waals surface area contributed by atoms with Gasteiger partial charge in [0.05, 0.1) is 5.69 Å². The maximum atomic E-state index is 5.30. The van der Waals surface area contributed by atoms with E-state index in [0.717, 1.165) is 0 Å². The van der Waals surface area contributed by atoms with Crippen molar-refractivity contribution < 1.29 is 0 Å². The number of nitrogens with two attached hydrogens (primary N) is 1. The van der Waals surface area contributed by atoms with Gasteiger partial charge in [0, 0.05) is 12.4 Å². The molecule has 4 heteroatoms. The summed E-state index contributed by atoms with van der Waals surface area (Å²) in [6.07, 6.45) is 3.30. The Bertz CT molecular complexity index is 143. The van der Waals surface area contributed by atoms with Crippen LogP contribution in [0.15, 0.2) is 24.5 Å². The molecule has 0 aliphatic heterocycles. The lowest BCUT2D eigenvalue weighted by molar-refractivity contribution is 1.33. The zero-order valence-corrected chi connectivity index (χ0v) is 8.08. The SMILES string of the molecule is Br.Br.Nc1cccnc1. The van der Waals surface area contributed by atoms with Crippen LogP contribution in [0, 0.1) is 0 Å². The average Bonchev–Trinajstić information content (AvgIpc) is 1.69. The normalized spacial score (nSPS) is 6.67. The van der Waals surface area contributed by atoms with Gasteiger partial charge in [-0.3, -0.25) is 4.98 Å². The van der Waals surface area contributed by atoms with E-state index in [1.807, 2.05) is 0 Å². The molecule has 1 aromatic rings. The minimum atomic E-state index is 0. The zero-order chi connectivity index (χ0) is 5.11. The third kappa shape index (κ3) is 4.42. The van der Waals surface area contributed by atoms with Gasteiger partial charge >= 0.3 is 0 Å². The molecule has 0 saturated carbocycles. The first-order valence-electron chi connectivity index (χ1n) is 2.05. The topological polar surface area (TPSA) is 38.9 Å². The Morgan fingerprint density at radius 1 is 1.33 bits per heavy atom. The summed E-state index contributed by atoms with van der Waals surface area (Å²) in [6.45, 7) is 0. The fourth-order valence-corrected chi connectivity index (χ4v) is 0.376. The van der Waals surface area contributed by atoms with Crippen molar-refractivity contribution in [1.82, 2.24) is 4.98 Å². The fraction of sp³-hybridized carbons (Fsp3) is 0. The minimum Gasteiger partial charge on any atom is -0.397 e. The Labute approximate surface area is 75.0 Å². The first-order valence-corrected chi connectivity index (χ1v) is 2.05. The lowest BCUT2D eigenvalue weighted by Gasteiger charge is -1.83. The summed E-state index contributed by atoms with van der Waals surface area (Å²) >= 11 is 0. The Morgan fingerprint density at radius 3 is 2.22 bits per heavy atom. The predicted molar refractivity (Wildman–Crippen MR) is 49.3 cm³/mol. The van der Waals surface area contributed by atoms with Crippen LogP contribution in [0.25, 0.3) is 0 Å².